The number of hydrogen-bond acceptors (Lipinski definition) is 4. The van der Waals surface area contributed by atoms with Crippen molar-refractivity contribution < 1.29 is 14.3 Å². The Bertz CT molecular complexity index is 1060. The SMILES string of the molecule is CC(C)NC(=O)Nc1ccc(CNC(=O)/C=C/c2ccc(OCc3ccccn3)cc2)cc1. The average molecular weight is 445 g/mol. The van der Waals surface area contributed by atoms with E-state index < -0.39 is 0 Å². The number of nitrogens with zero attached hydrogens (tertiary/aromatic N) is 1. The van der Waals surface area contributed by atoms with Gasteiger partial charge in [0.2, 0.25) is 5.91 Å². The van der Waals surface area contributed by atoms with Gasteiger partial charge in [0.25, 0.3) is 0 Å². The van der Waals surface area contributed by atoms with Crippen LogP contribution in [-0.4, -0.2) is 23.0 Å². The molecule has 0 aliphatic carbocycles. The third-order valence-electron chi connectivity index (χ3n) is 4.52. The second kappa shape index (κ2) is 12.0. The fourth-order valence-electron chi connectivity index (χ4n) is 2.87. The molecule has 7 nitrogen and oxygen atoms in total. The van der Waals surface area contributed by atoms with Crippen LogP contribution in [0.5, 0.6) is 5.75 Å². The van der Waals surface area contributed by atoms with Gasteiger partial charge in [-0.3, -0.25) is 9.78 Å². The number of benzene rings is 2. The van der Waals surface area contributed by atoms with Gasteiger partial charge in [-0.2, -0.15) is 0 Å². The first kappa shape index (κ1) is 23.5. The zero-order chi connectivity index (χ0) is 23.5. The zero-order valence-corrected chi connectivity index (χ0v) is 18.7. The predicted molar refractivity (Wildman–Crippen MR) is 130 cm³/mol. The minimum atomic E-state index is -0.246. The Morgan fingerprint density at radius 1 is 1.00 bits per heavy atom. The predicted octanol–water partition coefficient (Wildman–Crippen LogP) is 4.52. The fourth-order valence-corrected chi connectivity index (χ4v) is 2.87. The summed E-state index contributed by atoms with van der Waals surface area (Å²) >= 11 is 0. The summed E-state index contributed by atoms with van der Waals surface area (Å²) in [6.07, 6.45) is 4.98. The van der Waals surface area contributed by atoms with E-state index in [1.54, 1.807) is 24.4 Å². The molecule has 0 unspecified atom stereocenters. The van der Waals surface area contributed by atoms with E-state index in [0.717, 1.165) is 22.6 Å². The Hall–Kier alpha value is -4.13. The van der Waals surface area contributed by atoms with Gasteiger partial charge in [0.1, 0.15) is 12.4 Å². The van der Waals surface area contributed by atoms with Crippen molar-refractivity contribution >= 4 is 23.7 Å². The maximum atomic E-state index is 12.1. The molecule has 1 aromatic heterocycles. The maximum Gasteiger partial charge on any atom is 0.319 e. The zero-order valence-electron chi connectivity index (χ0n) is 18.7. The quantitative estimate of drug-likeness (QED) is 0.423. The van der Waals surface area contributed by atoms with Gasteiger partial charge >= 0.3 is 6.03 Å². The summed E-state index contributed by atoms with van der Waals surface area (Å²) in [5, 5.41) is 8.38. The van der Waals surface area contributed by atoms with Crippen LogP contribution < -0.4 is 20.7 Å². The van der Waals surface area contributed by atoms with Crippen molar-refractivity contribution in [2.45, 2.75) is 33.0 Å². The van der Waals surface area contributed by atoms with Crippen molar-refractivity contribution in [3.63, 3.8) is 0 Å². The lowest BCUT2D eigenvalue weighted by Gasteiger charge is -2.10. The van der Waals surface area contributed by atoms with Gasteiger partial charge in [0.05, 0.1) is 5.69 Å². The molecule has 3 N–H and O–H groups in total. The molecule has 0 saturated carbocycles. The van der Waals surface area contributed by atoms with E-state index in [1.807, 2.05) is 68.4 Å². The minimum absolute atomic E-state index is 0.0657. The Kier molecular flexibility index (Phi) is 8.59. The highest BCUT2D eigenvalue weighted by Gasteiger charge is 2.04. The summed E-state index contributed by atoms with van der Waals surface area (Å²) in [6.45, 7) is 4.59. The Labute approximate surface area is 193 Å². The molecular weight excluding hydrogens is 416 g/mol. The van der Waals surface area contributed by atoms with Crippen LogP contribution in [0.1, 0.15) is 30.7 Å². The van der Waals surface area contributed by atoms with E-state index in [2.05, 4.69) is 20.9 Å². The number of rotatable bonds is 9. The molecule has 0 atom stereocenters. The number of carbonyl (C=O) groups is 2. The molecule has 3 rings (SSSR count). The van der Waals surface area contributed by atoms with Crippen molar-refractivity contribution in [2.24, 2.45) is 0 Å². The molecule has 3 aromatic rings. The first-order chi connectivity index (χ1) is 16.0. The van der Waals surface area contributed by atoms with E-state index >= 15 is 0 Å². The molecule has 0 aliphatic heterocycles. The summed E-state index contributed by atoms with van der Waals surface area (Å²) in [5.41, 5.74) is 3.38. The summed E-state index contributed by atoms with van der Waals surface area (Å²) in [5.74, 6) is 0.547. The molecule has 0 radical (unpaired) electrons. The topological polar surface area (TPSA) is 92.4 Å². The standard InChI is InChI=1S/C26H28N4O3/c1-19(2)29-26(32)30-22-11-6-21(7-12-22)17-28-25(31)15-10-20-8-13-24(14-9-20)33-18-23-5-3-4-16-27-23/h3-16,19H,17-18H2,1-2H3,(H,28,31)(H2,29,30,32)/b15-10+. The Morgan fingerprint density at radius 3 is 2.42 bits per heavy atom. The third kappa shape index (κ3) is 8.49. The largest absolute Gasteiger partial charge is 0.487 e. The normalized spacial score (nSPS) is 10.8. The van der Waals surface area contributed by atoms with Gasteiger partial charge in [-0.25, -0.2) is 4.79 Å². The monoisotopic (exact) mass is 444 g/mol. The summed E-state index contributed by atoms with van der Waals surface area (Å²) < 4.78 is 5.71. The van der Waals surface area contributed by atoms with Gasteiger partial charge in [-0.1, -0.05) is 30.3 Å². The van der Waals surface area contributed by atoms with Gasteiger partial charge < -0.3 is 20.7 Å². The van der Waals surface area contributed by atoms with Crippen molar-refractivity contribution in [3.05, 3.63) is 95.8 Å². The number of anilines is 1. The summed E-state index contributed by atoms with van der Waals surface area (Å²) in [7, 11) is 0. The van der Waals surface area contributed by atoms with E-state index in [0.29, 0.717) is 18.8 Å². The second-order valence-electron chi connectivity index (χ2n) is 7.68. The van der Waals surface area contributed by atoms with Crippen LogP contribution in [0.15, 0.2) is 79.0 Å². The number of aromatic nitrogens is 1. The van der Waals surface area contributed by atoms with Gasteiger partial charge in [0.15, 0.2) is 0 Å². The van der Waals surface area contributed by atoms with Crippen LogP contribution in [0, 0.1) is 0 Å². The van der Waals surface area contributed by atoms with Crippen molar-refractivity contribution in [1.82, 2.24) is 15.6 Å². The van der Waals surface area contributed by atoms with Crippen molar-refractivity contribution in [2.75, 3.05) is 5.32 Å². The molecule has 2 aromatic carbocycles. The van der Waals surface area contributed by atoms with Crippen LogP contribution >= 0.6 is 0 Å². The molecule has 0 fully saturated rings. The lowest BCUT2D eigenvalue weighted by molar-refractivity contribution is -0.116. The van der Waals surface area contributed by atoms with E-state index in [1.165, 1.54) is 6.08 Å². The first-order valence-corrected chi connectivity index (χ1v) is 10.7. The highest BCUT2D eigenvalue weighted by molar-refractivity contribution is 5.91. The number of nitrogens with one attached hydrogen (secondary N) is 3. The highest BCUT2D eigenvalue weighted by Crippen LogP contribution is 2.15. The molecule has 170 valence electrons. The van der Waals surface area contributed by atoms with Crippen LogP contribution in [0.25, 0.3) is 6.08 Å². The number of amides is 3. The van der Waals surface area contributed by atoms with Crippen LogP contribution in [-0.2, 0) is 17.9 Å². The van der Waals surface area contributed by atoms with Crippen LogP contribution in [0.3, 0.4) is 0 Å². The van der Waals surface area contributed by atoms with Crippen molar-refractivity contribution in [3.8, 4) is 5.75 Å². The highest BCUT2D eigenvalue weighted by atomic mass is 16.5. The number of carbonyl (C=O) groups excluding carboxylic acids is 2. The molecule has 0 spiro atoms. The van der Waals surface area contributed by atoms with Gasteiger partial charge in [-0.05, 0) is 67.4 Å². The molecular formula is C26H28N4O3. The fraction of sp³-hybridized carbons (Fsp3) is 0.192. The van der Waals surface area contributed by atoms with Crippen LogP contribution in [0.2, 0.25) is 0 Å². The van der Waals surface area contributed by atoms with Gasteiger partial charge in [0, 0.05) is 30.5 Å². The van der Waals surface area contributed by atoms with E-state index in [9.17, 15) is 9.59 Å². The lowest BCUT2D eigenvalue weighted by atomic mass is 10.2. The third-order valence-corrected chi connectivity index (χ3v) is 4.52. The minimum Gasteiger partial charge on any atom is -0.487 e. The van der Waals surface area contributed by atoms with Gasteiger partial charge in [-0.15, -0.1) is 0 Å². The smallest absolute Gasteiger partial charge is 0.319 e. The van der Waals surface area contributed by atoms with Crippen LogP contribution in [0.4, 0.5) is 10.5 Å². The molecule has 0 aliphatic rings. The van der Waals surface area contributed by atoms with E-state index in [4.69, 9.17) is 4.74 Å². The Balaban J connectivity index is 1.42. The average Bonchev–Trinajstić information content (AvgIpc) is 2.82. The second-order valence-corrected chi connectivity index (χ2v) is 7.68. The Morgan fingerprint density at radius 2 is 1.76 bits per heavy atom. The molecule has 3 amide bonds. The summed E-state index contributed by atoms with van der Waals surface area (Å²) in [6, 6.07) is 20.3. The summed E-state index contributed by atoms with van der Waals surface area (Å²) in [4.78, 5) is 28.1. The number of hydrogen-bond donors (Lipinski definition) is 3. The number of pyridine rings is 1. The molecule has 1 heterocycles. The number of ether oxygens (including phenoxy) is 1. The molecule has 0 bridgehead atoms. The maximum absolute atomic E-state index is 12.1. The lowest BCUT2D eigenvalue weighted by Crippen LogP contribution is -2.34. The molecule has 7 heteroatoms. The molecule has 0 saturated heterocycles. The van der Waals surface area contributed by atoms with E-state index in [-0.39, 0.29) is 18.0 Å². The number of urea groups is 1. The molecule has 33 heavy (non-hydrogen) atoms. The van der Waals surface area contributed by atoms with Crippen molar-refractivity contribution in [1.29, 1.82) is 0 Å². The first-order valence-electron chi connectivity index (χ1n) is 10.7.